The van der Waals surface area contributed by atoms with E-state index in [-0.39, 0.29) is 5.82 Å². The summed E-state index contributed by atoms with van der Waals surface area (Å²) in [5.74, 6) is -0.243. The van der Waals surface area contributed by atoms with Crippen molar-refractivity contribution >= 4 is 23.4 Å². The molecule has 0 atom stereocenters. The molecule has 1 nitrogen and oxygen atoms in total. The first-order valence-corrected chi connectivity index (χ1v) is 6.31. The van der Waals surface area contributed by atoms with Crippen LogP contribution in [0.3, 0.4) is 0 Å². The van der Waals surface area contributed by atoms with Gasteiger partial charge in [0.1, 0.15) is 5.82 Å². The molecule has 0 spiro atoms. The molecule has 0 unspecified atom stereocenters. The van der Waals surface area contributed by atoms with Gasteiger partial charge in [-0.2, -0.15) is 0 Å². The normalized spacial score (nSPS) is 10.5. The molecule has 2 N–H and O–H groups in total. The summed E-state index contributed by atoms with van der Waals surface area (Å²) in [6, 6.07) is 12.0. The zero-order valence-corrected chi connectivity index (χ0v) is 10.6. The van der Waals surface area contributed by atoms with E-state index in [1.807, 2.05) is 18.2 Å². The van der Waals surface area contributed by atoms with Gasteiger partial charge in [-0.3, -0.25) is 0 Å². The van der Waals surface area contributed by atoms with Crippen LogP contribution in [-0.4, -0.2) is 0 Å². The van der Waals surface area contributed by atoms with Gasteiger partial charge in [0.2, 0.25) is 0 Å². The summed E-state index contributed by atoms with van der Waals surface area (Å²) >= 11 is 7.63. The third-order valence-electron chi connectivity index (χ3n) is 2.30. The molecule has 2 aromatic rings. The van der Waals surface area contributed by atoms with Crippen LogP contribution in [0.2, 0.25) is 5.02 Å². The van der Waals surface area contributed by atoms with Crippen LogP contribution < -0.4 is 5.73 Å². The Morgan fingerprint density at radius 3 is 2.47 bits per heavy atom. The second-order valence-electron chi connectivity index (χ2n) is 3.49. The predicted octanol–water partition coefficient (Wildman–Crippen LogP) is 4.09. The molecule has 0 aromatic heterocycles. The first kappa shape index (κ1) is 12.4. The number of nitrogens with two attached hydrogens (primary N) is 1. The number of hydrogen-bond acceptors (Lipinski definition) is 2. The maximum atomic E-state index is 12.8. The van der Waals surface area contributed by atoms with Gasteiger partial charge in [0.25, 0.3) is 0 Å². The monoisotopic (exact) mass is 267 g/mol. The van der Waals surface area contributed by atoms with Gasteiger partial charge in [0.15, 0.2) is 0 Å². The quantitative estimate of drug-likeness (QED) is 0.906. The van der Waals surface area contributed by atoms with Gasteiger partial charge >= 0.3 is 0 Å². The van der Waals surface area contributed by atoms with Crippen molar-refractivity contribution < 1.29 is 4.39 Å². The lowest BCUT2D eigenvalue weighted by atomic mass is 10.2. The van der Waals surface area contributed by atoms with E-state index in [0.29, 0.717) is 11.6 Å². The number of halogens is 2. The van der Waals surface area contributed by atoms with Crippen molar-refractivity contribution in [3.05, 3.63) is 58.9 Å². The van der Waals surface area contributed by atoms with Crippen LogP contribution in [0.4, 0.5) is 4.39 Å². The van der Waals surface area contributed by atoms with Crippen molar-refractivity contribution in [1.29, 1.82) is 0 Å². The Bertz CT molecular complexity index is 513. The molecule has 17 heavy (non-hydrogen) atoms. The van der Waals surface area contributed by atoms with Crippen molar-refractivity contribution in [2.75, 3.05) is 0 Å². The summed E-state index contributed by atoms with van der Waals surface area (Å²) in [6.45, 7) is 0.435. The highest BCUT2D eigenvalue weighted by Gasteiger charge is 2.07. The van der Waals surface area contributed by atoms with Crippen LogP contribution in [0.5, 0.6) is 0 Å². The Kier molecular flexibility index (Phi) is 4.05. The molecule has 0 aliphatic heterocycles. The molecule has 4 heteroatoms. The maximum absolute atomic E-state index is 12.8. The Hall–Kier alpha value is -1.03. The van der Waals surface area contributed by atoms with Crippen LogP contribution in [0.25, 0.3) is 0 Å². The lowest BCUT2D eigenvalue weighted by Crippen LogP contribution is -1.98. The van der Waals surface area contributed by atoms with Crippen molar-refractivity contribution in [1.82, 2.24) is 0 Å². The van der Waals surface area contributed by atoms with Crippen LogP contribution in [0.15, 0.2) is 52.3 Å². The standard InChI is InChI=1S/C13H11ClFNS/c14-12-3-1-2-9(8-16)13(12)17-11-6-4-10(15)5-7-11/h1-7H,8,16H2. The molecule has 0 radical (unpaired) electrons. The number of hydrogen-bond donors (Lipinski definition) is 1. The molecular weight excluding hydrogens is 257 g/mol. The Labute approximate surface area is 109 Å². The van der Waals surface area contributed by atoms with Crippen LogP contribution >= 0.6 is 23.4 Å². The molecule has 0 saturated carbocycles. The predicted molar refractivity (Wildman–Crippen MR) is 69.9 cm³/mol. The summed E-state index contributed by atoms with van der Waals surface area (Å²) in [6.07, 6.45) is 0. The minimum absolute atomic E-state index is 0.243. The first-order chi connectivity index (χ1) is 8.20. The van der Waals surface area contributed by atoms with Crippen molar-refractivity contribution in [3.8, 4) is 0 Å². The fourth-order valence-electron chi connectivity index (χ4n) is 1.45. The van der Waals surface area contributed by atoms with E-state index in [4.69, 9.17) is 17.3 Å². The topological polar surface area (TPSA) is 26.0 Å². The van der Waals surface area contributed by atoms with Gasteiger partial charge in [-0.05, 0) is 35.9 Å². The highest BCUT2D eigenvalue weighted by molar-refractivity contribution is 7.99. The summed E-state index contributed by atoms with van der Waals surface area (Å²) in [7, 11) is 0. The van der Waals surface area contributed by atoms with Crippen molar-refractivity contribution in [3.63, 3.8) is 0 Å². The van der Waals surface area contributed by atoms with Gasteiger partial charge in [-0.15, -0.1) is 0 Å². The summed E-state index contributed by atoms with van der Waals surface area (Å²) in [5, 5.41) is 0.669. The van der Waals surface area contributed by atoms with Gasteiger partial charge in [-0.1, -0.05) is 35.5 Å². The smallest absolute Gasteiger partial charge is 0.123 e. The van der Waals surface area contributed by atoms with E-state index in [0.717, 1.165) is 15.4 Å². The first-order valence-electron chi connectivity index (χ1n) is 5.11. The Morgan fingerprint density at radius 2 is 1.82 bits per heavy atom. The molecule has 0 amide bonds. The molecule has 0 bridgehead atoms. The molecule has 0 aliphatic rings. The molecular formula is C13H11ClFNS. The highest BCUT2D eigenvalue weighted by atomic mass is 35.5. The summed E-state index contributed by atoms with van der Waals surface area (Å²) in [5.41, 5.74) is 6.66. The number of rotatable bonds is 3. The van der Waals surface area contributed by atoms with E-state index >= 15 is 0 Å². The van der Waals surface area contributed by atoms with Gasteiger partial charge in [0.05, 0.1) is 5.02 Å². The summed E-state index contributed by atoms with van der Waals surface area (Å²) < 4.78 is 12.8. The van der Waals surface area contributed by atoms with Crippen LogP contribution in [0.1, 0.15) is 5.56 Å². The largest absolute Gasteiger partial charge is 0.326 e. The highest BCUT2D eigenvalue weighted by Crippen LogP contribution is 2.35. The SMILES string of the molecule is NCc1cccc(Cl)c1Sc1ccc(F)cc1. The molecule has 0 saturated heterocycles. The molecule has 0 fully saturated rings. The second kappa shape index (κ2) is 5.54. The fourth-order valence-corrected chi connectivity index (χ4v) is 2.71. The average molecular weight is 268 g/mol. The maximum Gasteiger partial charge on any atom is 0.123 e. The minimum atomic E-state index is -0.243. The molecule has 0 heterocycles. The van der Waals surface area contributed by atoms with E-state index in [1.165, 1.54) is 23.9 Å². The minimum Gasteiger partial charge on any atom is -0.326 e. The molecule has 0 aliphatic carbocycles. The van der Waals surface area contributed by atoms with E-state index in [9.17, 15) is 4.39 Å². The van der Waals surface area contributed by atoms with Crippen LogP contribution in [0, 0.1) is 5.82 Å². The average Bonchev–Trinajstić information content (AvgIpc) is 2.34. The molecule has 88 valence electrons. The van der Waals surface area contributed by atoms with Gasteiger partial charge in [0, 0.05) is 16.3 Å². The van der Waals surface area contributed by atoms with E-state index in [1.54, 1.807) is 12.1 Å². The summed E-state index contributed by atoms with van der Waals surface area (Å²) in [4.78, 5) is 1.87. The van der Waals surface area contributed by atoms with Crippen molar-refractivity contribution in [2.24, 2.45) is 5.73 Å². The Balaban J connectivity index is 2.32. The molecule has 2 rings (SSSR count). The zero-order chi connectivity index (χ0) is 12.3. The lowest BCUT2D eigenvalue weighted by molar-refractivity contribution is 0.626. The van der Waals surface area contributed by atoms with Crippen LogP contribution in [-0.2, 0) is 6.54 Å². The third-order valence-corrected chi connectivity index (χ3v) is 3.92. The van der Waals surface area contributed by atoms with Gasteiger partial charge in [-0.25, -0.2) is 4.39 Å². The zero-order valence-electron chi connectivity index (χ0n) is 8.99. The third kappa shape index (κ3) is 3.00. The van der Waals surface area contributed by atoms with E-state index in [2.05, 4.69) is 0 Å². The van der Waals surface area contributed by atoms with Crippen molar-refractivity contribution in [2.45, 2.75) is 16.3 Å². The molecule has 2 aromatic carbocycles. The Morgan fingerprint density at radius 1 is 1.12 bits per heavy atom. The fraction of sp³-hybridized carbons (Fsp3) is 0.0769. The second-order valence-corrected chi connectivity index (χ2v) is 4.98. The lowest BCUT2D eigenvalue weighted by Gasteiger charge is -2.09. The number of benzene rings is 2. The van der Waals surface area contributed by atoms with E-state index < -0.39 is 0 Å². The van der Waals surface area contributed by atoms with Gasteiger partial charge < -0.3 is 5.73 Å².